The van der Waals surface area contributed by atoms with Crippen LogP contribution in [0, 0.1) is 6.92 Å². The molecule has 0 radical (unpaired) electrons. The summed E-state index contributed by atoms with van der Waals surface area (Å²) >= 11 is 0. The van der Waals surface area contributed by atoms with Gasteiger partial charge in [0.25, 0.3) is 0 Å². The van der Waals surface area contributed by atoms with Crippen LogP contribution >= 0.6 is 0 Å². The molecule has 5 heteroatoms. The molecule has 0 fully saturated rings. The zero-order valence-electron chi connectivity index (χ0n) is 11.4. The zero-order valence-corrected chi connectivity index (χ0v) is 11.4. The lowest BCUT2D eigenvalue weighted by molar-refractivity contribution is -0.141. The minimum absolute atomic E-state index is 0.500. The van der Waals surface area contributed by atoms with Crippen molar-refractivity contribution >= 4 is 18.0 Å². The van der Waals surface area contributed by atoms with E-state index >= 15 is 0 Å². The molecule has 108 valence electrons. The van der Waals surface area contributed by atoms with E-state index < -0.39 is 17.9 Å². The Hall–Kier alpha value is -2.82. The van der Waals surface area contributed by atoms with Crippen LogP contribution in [0.2, 0.25) is 0 Å². The summed E-state index contributed by atoms with van der Waals surface area (Å²) < 4.78 is 5.29. The highest BCUT2D eigenvalue weighted by molar-refractivity contribution is 5.94. The van der Waals surface area contributed by atoms with Crippen LogP contribution < -0.4 is 5.32 Å². The molecule has 0 aliphatic rings. The first-order valence-corrected chi connectivity index (χ1v) is 6.39. The molecule has 0 bridgehead atoms. The Morgan fingerprint density at radius 3 is 2.48 bits per heavy atom. The molecule has 0 unspecified atom stereocenters. The van der Waals surface area contributed by atoms with E-state index in [-0.39, 0.29) is 0 Å². The van der Waals surface area contributed by atoms with Crippen LogP contribution in [0.4, 0.5) is 0 Å². The van der Waals surface area contributed by atoms with Gasteiger partial charge in [0.05, 0.1) is 0 Å². The lowest BCUT2D eigenvalue weighted by Crippen LogP contribution is -2.32. The molecular formula is C16H15NO4. The summed E-state index contributed by atoms with van der Waals surface area (Å²) in [6, 6.07) is 11.0. The van der Waals surface area contributed by atoms with Crippen molar-refractivity contribution < 1.29 is 19.1 Å². The number of carboxylic acids is 1. The van der Waals surface area contributed by atoms with Gasteiger partial charge in [0.15, 0.2) is 6.04 Å². The van der Waals surface area contributed by atoms with Crippen LogP contribution in [-0.2, 0) is 9.59 Å². The van der Waals surface area contributed by atoms with Gasteiger partial charge >= 0.3 is 5.97 Å². The highest BCUT2D eigenvalue weighted by Gasteiger charge is 2.20. The molecule has 2 aromatic rings. The van der Waals surface area contributed by atoms with Gasteiger partial charge in [-0.2, -0.15) is 0 Å². The quantitative estimate of drug-likeness (QED) is 0.827. The van der Waals surface area contributed by atoms with Crippen molar-refractivity contribution in [3.8, 4) is 0 Å². The van der Waals surface area contributed by atoms with E-state index in [9.17, 15) is 14.7 Å². The molecule has 0 spiro atoms. The van der Waals surface area contributed by atoms with Crippen LogP contribution in [-0.4, -0.2) is 17.0 Å². The third kappa shape index (κ3) is 4.07. The fourth-order valence-electron chi connectivity index (χ4n) is 1.82. The fraction of sp³-hybridized carbons (Fsp3) is 0.125. The Morgan fingerprint density at radius 2 is 1.90 bits per heavy atom. The third-order valence-corrected chi connectivity index (χ3v) is 2.83. The van der Waals surface area contributed by atoms with Gasteiger partial charge in [0.1, 0.15) is 11.5 Å². The predicted molar refractivity (Wildman–Crippen MR) is 77.4 cm³/mol. The first-order valence-electron chi connectivity index (χ1n) is 6.39. The molecule has 1 heterocycles. The normalized spacial score (nSPS) is 12.2. The minimum atomic E-state index is -1.11. The number of hydrogen-bond donors (Lipinski definition) is 2. The first-order chi connectivity index (χ1) is 10.1. The summed E-state index contributed by atoms with van der Waals surface area (Å²) in [4.78, 5) is 23.1. The van der Waals surface area contributed by atoms with Gasteiger partial charge in [-0.3, -0.25) is 4.79 Å². The van der Waals surface area contributed by atoms with E-state index in [0.717, 1.165) is 5.76 Å². The first kappa shape index (κ1) is 14.6. The monoisotopic (exact) mass is 285 g/mol. The van der Waals surface area contributed by atoms with E-state index in [1.807, 2.05) is 0 Å². The molecule has 0 saturated carbocycles. The Balaban J connectivity index is 2.05. The lowest BCUT2D eigenvalue weighted by Gasteiger charge is -2.13. The molecule has 0 saturated heterocycles. The molecule has 2 rings (SSSR count). The summed E-state index contributed by atoms with van der Waals surface area (Å²) in [6.45, 7) is 1.80. The second kappa shape index (κ2) is 6.56. The van der Waals surface area contributed by atoms with Crippen LogP contribution in [0.1, 0.15) is 23.1 Å². The van der Waals surface area contributed by atoms with Crippen LogP contribution in [0.25, 0.3) is 6.08 Å². The number of aryl methyl sites for hydroxylation is 1. The Morgan fingerprint density at radius 1 is 1.19 bits per heavy atom. The lowest BCUT2D eigenvalue weighted by atomic mass is 10.1. The van der Waals surface area contributed by atoms with Crippen LogP contribution in [0.3, 0.4) is 0 Å². The molecule has 1 atom stereocenters. The number of hydrogen-bond acceptors (Lipinski definition) is 3. The van der Waals surface area contributed by atoms with E-state index in [4.69, 9.17) is 4.42 Å². The molecule has 5 nitrogen and oxygen atoms in total. The number of carboxylic acid groups (broad SMARTS) is 1. The Bertz CT molecular complexity index is 658. The molecule has 1 amide bonds. The third-order valence-electron chi connectivity index (χ3n) is 2.83. The maximum atomic E-state index is 11.8. The van der Waals surface area contributed by atoms with Gasteiger partial charge in [-0.1, -0.05) is 30.3 Å². The number of benzene rings is 1. The predicted octanol–water partition coefficient (Wildman–Crippen LogP) is 2.54. The van der Waals surface area contributed by atoms with Gasteiger partial charge in [-0.25, -0.2) is 4.79 Å². The fourth-order valence-corrected chi connectivity index (χ4v) is 1.82. The number of carbonyl (C=O) groups excluding carboxylic acids is 1. The smallest absolute Gasteiger partial charge is 0.330 e. The maximum absolute atomic E-state index is 11.8. The molecule has 1 aromatic carbocycles. The Kier molecular flexibility index (Phi) is 4.56. The van der Waals surface area contributed by atoms with Crippen molar-refractivity contribution in [1.29, 1.82) is 0 Å². The highest BCUT2D eigenvalue weighted by Crippen LogP contribution is 2.13. The van der Waals surface area contributed by atoms with E-state index in [0.29, 0.717) is 11.3 Å². The van der Waals surface area contributed by atoms with Gasteiger partial charge in [-0.15, -0.1) is 0 Å². The Labute approximate surface area is 121 Å². The van der Waals surface area contributed by atoms with Gasteiger partial charge in [0, 0.05) is 6.08 Å². The molecule has 2 N–H and O–H groups in total. The summed E-state index contributed by atoms with van der Waals surface area (Å²) in [6.07, 6.45) is 2.74. The van der Waals surface area contributed by atoms with Crippen molar-refractivity contribution in [2.24, 2.45) is 0 Å². The van der Waals surface area contributed by atoms with Crippen molar-refractivity contribution in [3.63, 3.8) is 0 Å². The van der Waals surface area contributed by atoms with Gasteiger partial charge in [0.2, 0.25) is 5.91 Å². The van der Waals surface area contributed by atoms with Crippen LogP contribution in [0.15, 0.2) is 53.0 Å². The molecule has 21 heavy (non-hydrogen) atoms. The van der Waals surface area contributed by atoms with Crippen molar-refractivity contribution in [2.45, 2.75) is 13.0 Å². The largest absolute Gasteiger partial charge is 0.479 e. The van der Waals surface area contributed by atoms with Crippen LogP contribution in [0.5, 0.6) is 0 Å². The second-order valence-electron chi connectivity index (χ2n) is 4.47. The summed E-state index contributed by atoms with van der Waals surface area (Å²) in [7, 11) is 0. The molecular weight excluding hydrogens is 270 g/mol. The number of furan rings is 1. The summed E-state index contributed by atoms with van der Waals surface area (Å²) in [5, 5.41) is 11.6. The average molecular weight is 285 g/mol. The molecule has 0 aliphatic carbocycles. The number of nitrogens with one attached hydrogen (secondary N) is 1. The number of carbonyl (C=O) groups is 2. The zero-order chi connectivity index (χ0) is 15.2. The summed E-state index contributed by atoms with van der Waals surface area (Å²) in [5.74, 6) is -0.339. The van der Waals surface area contributed by atoms with Crippen molar-refractivity contribution in [3.05, 3.63) is 65.6 Å². The number of rotatable bonds is 5. The number of aliphatic carboxylic acids is 1. The van der Waals surface area contributed by atoms with Crippen molar-refractivity contribution in [1.82, 2.24) is 5.32 Å². The molecule has 0 aliphatic heterocycles. The molecule has 1 aromatic heterocycles. The van der Waals surface area contributed by atoms with E-state index in [1.165, 1.54) is 12.2 Å². The van der Waals surface area contributed by atoms with E-state index in [2.05, 4.69) is 5.32 Å². The van der Waals surface area contributed by atoms with Crippen molar-refractivity contribution in [2.75, 3.05) is 0 Å². The average Bonchev–Trinajstić information content (AvgIpc) is 2.89. The highest BCUT2D eigenvalue weighted by atomic mass is 16.4. The maximum Gasteiger partial charge on any atom is 0.330 e. The standard InChI is InChI=1S/C16H15NO4/c1-11-7-8-13(21-11)9-10-14(18)17-15(16(19)20)12-5-3-2-4-6-12/h2-10,15H,1H3,(H,17,18)(H,19,20)/b10-9+/t15-/m1/s1. The van der Waals surface area contributed by atoms with Gasteiger partial charge in [-0.05, 0) is 30.7 Å². The minimum Gasteiger partial charge on any atom is -0.479 e. The second-order valence-corrected chi connectivity index (χ2v) is 4.47. The SMILES string of the molecule is Cc1ccc(/C=C/C(=O)N[C@@H](C(=O)O)c2ccccc2)o1. The summed E-state index contributed by atoms with van der Waals surface area (Å²) in [5.41, 5.74) is 0.514. The van der Waals surface area contributed by atoms with E-state index in [1.54, 1.807) is 49.4 Å². The number of amides is 1. The van der Waals surface area contributed by atoms with Gasteiger partial charge < -0.3 is 14.8 Å². The topological polar surface area (TPSA) is 79.5 Å².